The third-order valence-corrected chi connectivity index (χ3v) is 4.62. The maximum atomic E-state index is 13.0. The number of benzene rings is 2. The first-order chi connectivity index (χ1) is 11.1. The van der Waals surface area contributed by atoms with Gasteiger partial charge in [0.15, 0.2) is 0 Å². The summed E-state index contributed by atoms with van der Waals surface area (Å²) < 4.78 is 0. The minimum Gasteiger partial charge on any atom is -0.268 e. The molecule has 0 saturated carbocycles. The molecule has 0 N–H and O–H groups in total. The van der Waals surface area contributed by atoms with Crippen molar-refractivity contribution in [3.05, 3.63) is 64.2 Å². The molecule has 118 valence electrons. The largest absolute Gasteiger partial charge is 0.268 e. The third-order valence-electron chi connectivity index (χ3n) is 4.33. The van der Waals surface area contributed by atoms with Crippen LogP contribution in [0.2, 0.25) is 0 Å². The van der Waals surface area contributed by atoms with Gasteiger partial charge in [0.25, 0.3) is 11.8 Å². The summed E-state index contributed by atoms with van der Waals surface area (Å²) in [6, 6.07) is 11.2. The highest BCUT2D eigenvalue weighted by atomic mass is 35.5. The maximum absolute atomic E-state index is 13.0. The van der Waals surface area contributed by atoms with E-state index in [9.17, 15) is 9.59 Å². The van der Waals surface area contributed by atoms with Crippen LogP contribution in [0, 0.1) is 0 Å². The van der Waals surface area contributed by atoms with Gasteiger partial charge in [0, 0.05) is 5.88 Å². The van der Waals surface area contributed by atoms with Gasteiger partial charge in [0.1, 0.15) is 0 Å². The van der Waals surface area contributed by atoms with Crippen molar-refractivity contribution in [1.82, 2.24) is 0 Å². The highest BCUT2D eigenvalue weighted by Crippen LogP contribution is 2.35. The fourth-order valence-electron chi connectivity index (χ4n) is 3.17. The van der Waals surface area contributed by atoms with Gasteiger partial charge in [-0.15, -0.1) is 11.6 Å². The molecular weight excluding hydrogens is 310 g/mol. The molecule has 0 atom stereocenters. The minimum absolute atomic E-state index is 0.214. The van der Waals surface area contributed by atoms with Gasteiger partial charge < -0.3 is 0 Å². The second kappa shape index (κ2) is 6.17. The second-order valence-electron chi connectivity index (χ2n) is 5.55. The zero-order valence-corrected chi connectivity index (χ0v) is 14.0. The minimum atomic E-state index is -0.267. The molecular formula is C19H18ClNO2. The number of alkyl halides is 1. The van der Waals surface area contributed by atoms with Crippen LogP contribution < -0.4 is 4.90 Å². The molecule has 2 aromatic rings. The molecule has 2 amide bonds. The van der Waals surface area contributed by atoms with E-state index in [1.54, 1.807) is 18.2 Å². The van der Waals surface area contributed by atoms with Gasteiger partial charge in [0.05, 0.1) is 16.8 Å². The standard InChI is InChI=1S/C19H18ClNO2/c1-3-12-7-5-8-13(4-2)17(12)21-18(22)15-10-6-9-14(11-20)16(15)19(21)23/h5-10H,3-4,11H2,1-2H3. The van der Waals surface area contributed by atoms with Crippen LogP contribution >= 0.6 is 11.6 Å². The average molecular weight is 328 g/mol. The Morgan fingerprint density at radius 3 is 2.00 bits per heavy atom. The molecule has 2 aromatic carbocycles. The molecule has 0 radical (unpaired) electrons. The lowest BCUT2D eigenvalue weighted by Crippen LogP contribution is -2.31. The number of carbonyl (C=O) groups excluding carboxylic acids is 2. The molecule has 0 unspecified atom stereocenters. The number of hydrogen-bond acceptors (Lipinski definition) is 2. The lowest BCUT2D eigenvalue weighted by atomic mass is 10.0. The van der Waals surface area contributed by atoms with E-state index in [0.29, 0.717) is 16.7 Å². The van der Waals surface area contributed by atoms with Gasteiger partial charge in [0.2, 0.25) is 0 Å². The van der Waals surface area contributed by atoms with E-state index in [-0.39, 0.29) is 17.7 Å². The normalized spacial score (nSPS) is 13.6. The number of fused-ring (bicyclic) bond motifs is 1. The van der Waals surface area contributed by atoms with Crippen molar-refractivity contribution in [2.24, 2.45) is 0 Å². The van der Waals surface area contributed by atoms with E-state index in [1.165, 1.54) is 4.90 Å². The predicted octanol–water partition coefficient (Wildman–Crippen LogP) is 4.35. The summed E-state index contributed by atoms with van der Waals surface area (Å²) >= 11 is 5.95. The Hall–Kier alpha value is -2.13. The SMILES string of the molecule is CCc1cccc(CC)c1N1C(=O)c2cccc(CCl)c2C1=O. The number of nitrogens with zero attached hydrogens (tertiary/aromatic N) is 1. The van der Waals surface area contributed by atoms with E-state index < -0.39 is 0 Å². The Labute approximate surface area is 140 Å². The molecule has 4 heteroatoms. The first-order valence-electron chi connectivity index (χ1n) is 7.81. The van der Waals surface area contributed by atoms with Gasteiger partial charge in [-0.3, -0.25) is 9.59 Å². The first kappa shape index (κ1) is 15.8. The summed E-state index contributed by atoms with van der Waals surface area (Å²) in [6.45, 7) is 4.06. The summed E-state index contributed by atoms with van der Waals surface area (Å²) in [6.07, 6.45) is 1.53. The lowest BCUT2D eigenvalue weighted by Gasteiger charge is -2.21. The molecule has 0 aromatic heterocycles. The molecule has 23 heavy (non-hydrogen) atoms. The number of amides is 2. The van der Waals surface area contributed by atoms with Crippen molar-refractivity contribution < 1.29 is 9.59 Å². The van der Waals surface area contributed by atoms with E-state index in [1.807, 2.05) is 32.0 Å². The van der Waals surface area contributed by atoms with Crippen LogP contribution in [0.5, 0.6) is 0 Å². The van der Waals surface area contributed by atoms with E-state index in [0.717, 1.165) is 29.7 Å². The number of carbonyl (C=O) groups is 2. The maximum Gasteiger partial charge on any atom is 0.266 e. The molecule has 0 saturated heterocycles. The molecule has 3 rings (SSSR count). The average Bonchev–Trinajstić information content (AvgIpc) is 2.85. The van der Waals surface area contributed by atoms with Crippen molar-refractivity contribution >= 4 is 29.1 Å². The number of anilines is 1. The number of imide groups is 1. The molecule has 1 aliphatic rings. The van der Waals surface area contributed by atoms with Crippen LogP contribution in [-0.2, 0) is 18.7 Å². The zero-order valence-electron chi connectivity index (χ0n) is 13.2. The van der Waals surface area contributed by atoms with Crippen LogP contribution in [0.25, 0.3) is 0 Å². The molecule has 0 aliphatic carbocycles. The number of para-hydroxylation sites is 1. The van der Waals surface area contributed by atoms with E-state index in [4.69, 9.17) is 11.6 Å². The van der Waals surface area contributed by atoms with Gasteiger partial charge in [-0.2, -0.15) is 0 Å². The molecule has 0 bridgehead atoms. The van der Waals surface area contributed by atoms with Crippen molar-refractivity contribution in [3.63, 3.8) is 0 Å². The first-order valence-corrected chi connectivity index (χ1v) is 8.34. The monoisotopic (exact) mass is 327 g/mol. The van der Waals surface area contributed by atoms with Crippen molar-refractivity contribution in [2.75, 3.05) is 4.90 Å². The third kappa shape index (κ3) is 2.36. The van der Waals surface area contributed by atoms with Crippen LogP contribution in [0.4, 0.5) is 5.69 Å². The highest BCUT2D eigenvalue weighted by molar-refractivity contribution is 6.35. The van der Waals surface area contributed by atoms with Crippen molar-refractivity contribution in [3.8, 4) is 0 Å². The summed E-state index contributed by atoms with van der Waals surface area (Å²) in [5, 5.41) is 0. The van der Waals surface area contributed by atoms with Crippen LogP contribution in [0.1, 0.15) is 51.3 Å². The smallest absolute Gasteiger partial charge is 0.266 e. The second-order valence-corrected chi connectivity index (χ2v) is 5.82. The Balaban J connectivity index is 2.21. The number of aryl methyl sites for hydroxylation is 2. The summed E-state index contributed by atoms with van der Waals surface area (Å²) in [5.41, 5.74) is 4.35. The van der Waals surface area contributed by atoms with Gasteiger partial charge in [-0.1, -0.05) is 44.2 Å². The zero-order chi connectivity index (χ0) is 16.6. The fraction of sp³-hybridized carbons (Fsp3) is 0.263. The number of halogens is 1. The number of rotatable bonds is 4. The molecule has 1 aliphatic heterocycles. The van der Waals surface area contributed by atoms with E-state index in [2.05, 4.69) is 0 Å². The quantitative estimate of drug-likeness (QED) is 0.618. The molecule has 3 nitrogen and oxygen atoms in total. The van der Waals surface area contributed by atoms with Crippen LogP contribution in [-0.4, -0.2) is 11.8 Å². The van der Waals surface area contributed by atoms with Crippen LogP contribution in [0.15, 0.2) is 36.4 Å². The van der Waals surface area contributed by atoms with E-state index >= 15 is 0 Å². The summed E-state index contributed by atoms with van der Waals surface area (Å²) in [7, 11) is 0. The summed E-state index contributed by atoms with van der Waals surface area (Å²) in [5.74, 6) is -0.309. The molecule has 0 fully saturated rings. The van der Waals surface area contributed by atoms with Gasteiger partial charge >= 0.3 is 0 Å². The number of hydrogen-bond donors (Lipinski definition) is 0. The van der Waals surface area contributed by atoms with Gasteiger partial charge in [-0.25, -0.2) is 4.90 Å². The summed E-state index contributed by atoms with van der Waals surface area (Å²) in [4.78, 5) is 27.2. The predicted molar refractivity (Wildman–Crippen MR) is 92.3 cm³/mol. The Bertz CT molecular complexity index is 776. The topological polar surface area (TPSA) is 37.4 Å². The highest BCUT2D eigenvalue weighted by Gasteiger charge is 2.39. The Morgan fingerprint density at radius 2 is 1.43 bits per heavy atom. The molecule has 1 heterocycles. The fourth-order valence-corrected chi connectivity index (χ4v) is 3.39. The van der Waals surface area contributed by atoms with Crippen LogP contribution in [0.3, 0.4) is 0 Å². The van der Waals surface area contributed by atoms with Gasteiger partial charge in [-0.05, 0) is 35.6 Å². The Morgan fingerprint density at radius 1 is 0.870 bits per heavy atom. The van der Waals surface area contributed by atoms with Crippen molar-refractivity contribution in [1.29, 1.82) is 0 Å². The lowest BCUT2D eigenvalue weighted by molar-refractivity contribution is 0.0925. The Kier molecular flexibility index (Phi) is 4.22. The van der Waals surface area contributed by atoms with Crippen molar-refractivity contribution in [2.45, 2.75) is 32.6 Å². The molecule has 0 spiro atoms.